The molecule has 1 unspecified atom stereocenters. The Labute approximate surface area is 121 Å². The van der Waals surface area contributed by atoms with Crippen molar-refractivity contribution in [3.63, 3.8) is 0 Å². The maximum Gasteiger partial charge on any atom is 0.407 e. The fourth-order valence-corrected chi connectivity index (χ4v) is 1.78. The average molecular weight is 278 g/mol. The van der Waals surface area contributed by atoms with Gasteiger partial charge in [0.05, 0.1) is 0 Å². The van der Waals surface area contributed by atoms with Crippen LogP contribution in [0.5, 0.6) is 0 Å². The van der Waals surface area contributed by atoms with Gasteiger partial charge in [-0.2, -0.15) is 0 Å². The van der Waals surface area contributed by atoms with E-state index in [1.807, 2.05) is 45.0 Å². The number of carbonyl (C=O) groups excluding carboxylic acids is 1. The Kier molecular flexibility index (Phi) is 5.57. The normalized spacial score (nSPS) is 13.2. The van der Waals surface area contributed by atoms with Crippen molar-refractivity contribution in [3.8, 4) is 0 Å². The van der Waals surface area contributed by atoms with Gasteiger partial charge in [-0.25, -0.2) is 4.79 Å². The molecule has 0 bridgehead atoms. The molecule has 0 radical (unpaired) electrons. The second-order valence-corrected chi connectivity index (χ2v) is 6.37. The van der Waals surface area contributed by atoms with Gasteiger partial charge >= 0.3 is 6.09 Å². The summed E-state index contributed by atoms with van der Waals surface area (Å²) >= 11 is 0. The van der Waals surface area contributed by atoms with Crippen LogP contribution in [0.15, 0.2) is 24.3 Å². The van der Waals surface area contributed by atoms with Crippen molar-refractivity contribution in [2.75, 3.05) is 0 Å². The van der Waals surface area contributed by atoms with E-state index in [0.717, 1.165) is 11.1 Å². The molecule has 0 fully saturated rings. The number of hydrogen-bond acceptors (Lipinski definition) is 3. The van der Waals surface area contributed by atoms with Crippen molar-refractivity contribution in [2.45, 2.75) is 52.8 Å². The molecule has 1 amide bonds. The van der Waals surface area contributed by atoms with Gasteiger partial charge in [0.1, 0.15) is 5.60 Å². The topological polar surface area (TPSA) is 64.3 Å². The van der Waals surface area contributed by atoms with Crippen LogP contribution in [0.1, 0.15) is 51.8 Å². The molecule has 0 saturated heterocycles. The monoisotopic (exact) mass is 278 g/mol. The van der Waals surface area contributed by atoms with Crippen LogP contribution in [0.3, 0.4) is 0 Å². The van der Waals surface area contributed by atoms with Crippen molar-refractivity contribution in [3.05, 3.63) is 35.4 Å². The van der Waals surface area contributed by atoms with Crippen molar-refractivity contribution >= 4 is 6.09 Å². The molecule has 20 heavy (non-hydrogen) atoms. The lowest BCUT2D eigenvalue weighted by Gasteiger charge is -2.20. The molecule has 0 saturated carbocycles. The minimum Gasteiger partial charge on any atom is -0.444 e. The molecule has 0 heterocycles. The number of nitrogens with two attached hydrogens (primary N) is 1. The number of nitrogens with one attached hydrogen (secondary N) is 1. The van der Waals surface area contributed by atoms with E-state index in [1.54, 1.807) is 0 Å². The Morgan fingerprint density at radius 1 is 1.35 bits per heavy atom. The van der Waals surface area contributed by atoms with E-state index >= 15 is 0 Å². The maximum atomic E-state index is 11.6. The largest absolute Gasteiger partial charge is 0.444 e. The highest BCUT2D eigenvalue weighted by molar-refractivity contribution is 5.67. The van der Waals surface area contributed by atoms with Crippen LogP contribution in [0, 0.1) is 5.92 Å². The van der Waals surface area contributed by atoms with Crippen LogP contribution < -0.4 is 11.1 Å². The van der Waals surface area contributed by atoms with Gasteiger partial charge in [0, 0.05) is 12.6 Å². The second kappa shape index (κ2) is 6.75. The summed E-state index contributed by atoms with van der Waals surface area (Å²) in [7, 11) is 0. The molecule has 1 rings (SSSR count). The summed E-state index contributed by atoms with van der Waals surface area (Å²) in [4.78, 5) is 11.6. The summed E-state index contributed by atoms with van der Waals surface area (Å²) in [6.07, 6.45) is -0.406. The summed E-state index contributed by atoms with van der Waals surface area (Å²) in [5, 5.41) is 2.75. The van der Waals surface area contributed by atoms with Crippen LogP contribution in [0.2, 0.25) is 0 Å². The van der Waals surface area contributed by atoms with Gasteiger partial charge in [-0.3, -0.25) is 0 Å². The van der Waals surface area contributed by atoms with Gasteiger partial charge in [-0.05, 0) is 37.8 Å². The zero-order valence-corrected chi connectivity index (χ0v) is 13.1. The van der Waals surface area contributed by atoms with E-state index < -0.39 is 11.7 Å². The molecule has 4 heteroatoms. The van der Waals surface area contributed by atoms with E-state index in [-0.39, 0.29) is 6.04 Å². The SMILES string of the molecule is CC(C)C(N)c1cccc(CNC(=O)OC(C)(C)C)c1. The van der Waals surface area contributed by atoms with E-state index in [9.17, 15) is 4.79 Å². The Morgan fingerprint density at radius 3 is 2.55 bits per heavy atom. The number of rotatable bonds is 4. The number of amides is 1. The highest BCUT2D eigenvalue weighted by Crippen LogP contribution is 2.19. The third-order valence-electron chi connectivity index (χ3n) is 2.89. The molecule has 1 atom stereocenters. The van der Waals surface area contributed by atoms with Gasteiger partial charge in [-0.1, -0.05) is 38.1 Å². The van der Waals surface area contributed by atoms with Crippen molar-refractivity contribution in [1.82, 2.24) is 5.32 Å². The molecule has 4 nitrogen and oxygen atoms in total. The summed E-state index contributed by atoms with van der Waals surface area (Å²) in [5.74, 6) is 0.379. The predicted molar refractivity (Wildman–Crippen MR) is 81.3 cm³/mol. The first-order valence-corrected chi connectivity index (χ1v) is 7.00. The van der Waals surface area contributed by atoms with Crippen LogP contribution in [0.25, 0.3) is 0 Å². The van der Waals surface area contributed by atoms with E-state index in [1.165, 1.54) is 0 Å². The van der Waals surface area contributed by atoms with Gasteiger partial charge in [0.15, 0.2) is 0 Å². The van der Waals surface area contributed by atoms with Crippen molar-refractivity contribution in [2.24, 2.45) is 11.7 Å². The molecular weight excluding hydrogens is 252 g/mol. The lowest BCUT2D eigenvalue weighted by molar-refractivity contribution is 0.0523. The van der Waals surface area contributed by atoms with Gasteiger partial charge in [0.2, 0.25) is 0 Å². The third kappa shape index (κ3) is 5.61. The molecule has 1 aromatic carbocycles. The van der Waals surface area contributed by atoms with Crippen LogP contribution >= 0.6 is 0 Å². The first kappa shape index (κ1) is 16.5. The molecule has 0 aliphatic rings. The maximum absolute atomic E-state index is 11.6. The standard InChI is InChI=1S/C16H26N2O2/c1-11(2)14(17)13-8-6-7-12(9-13)10-18-15(19)20-16(3,4)5/h6-9,11,14H,10,17H2,1-5H3,(H,18,19). The predicted octanol–water partition coefficient (Wildman–Crippen LogP) is 3.37. The van der Waals surface area contributed by atoms with Crippen molar-refractivity contribution in [1.29, 1.82) is 0 Å². The Bertz CT molecular complexity index is 450. The molecule has 0 aromatic heterocycles. The van der Waals surface area contributed by atoms with E-state index in [0.29, 0.717) is 12.5 Å². The fraction of sp³-hybridized carbons (Fsp3) is 0.562. The van der Waals surface area contributed by atoms with Gasteiger partial charge in [-0.15, -0.1) is 0 Å². The minimum atomic E-state index is -0.480. The summed E-state index contributed by atoms with van der Waals surface area (Å²) in [5.41, 5.74) is 7.76. The minimum absolute atomic E-state index is 0.0106. The van der Waals surface area contributed by atoms with E-state index in [2.05, 4.69) is 19.2 Å². The molecule has 1 aromatic rings. The van der Waals surface area contributed by atoms with Crippen LogP contribution in [0.4, 0.5) is 4.79 Å². The number of alkyl carbamates (subject to hydrolysis) is 1. The molecular formula is C16H26N2O2. The molecule has 0 aliphatic carbocycles. The number of hydrogen-bond donors (Lipinski definition) is 2. The summed E-state index contributed by atoms with van der Waals surface area (Å²) < 4.78 is 5.20. The summed E-state index contributed by atoms with van der Waals surface area (Å²) in [6.45, 7) is 10.2. The van der Waals surface area contributed by atoms with Crippen LogP contribution in [-0.4, -0.2) is 11.7 Å². The quantitative estimate of drug-likeness (QED) is 0.887. The smallest absolute Gasteiger partial charge is 0.407 e. The number of carbonyl (C=O) groups is 1. The highest BCUT2D eigenvalue weighted by Gasteiger charge is 2.16. The van der Waals surface area contributed by atoms with Gasteiger partial charge < -0.3 is 15.8 Å². The molecule has 112 valence electrons. The lowest BCUT2D eigenvalue weighted by Crippen LogP contribution is -2.32. The Hall–Kier alpha value is -1.55. The average Bonchev–Trinajstić information content (AvgIpc) is 2.33. The molecule has 3 N–H and O–H groups in total. The zero-order chi connectivity index (χ0) is 15.3. The Balaban J connectivity index is 2.61. The third-order valence-corrected chi connectivity index (χ3v) is 2.89. The number of benzene rings is 1. The first-order valence-electron chi connectivity index (χ1n) is 7.00. The second-order valence-electron chi connectivity index (χ2n) is 6.37. The molecule has 0 spiro atoms. The highest BCUT2D eigenvalue weighted by atomic mass is 16.6. The fourth-order valence-electron chi connectivity index (χ4n) is 1.78. The van der Waals surface area contributed by atoms with Crippen LogP contribution in [-0.2, 0) is 11.3 Å². The van der Waals surface area contributed by atoms with Gasteiger partial charge in [0.25, 0.3) is 0 Å². The lowest BCUT2D eigenvalue weighted by atomic mass is 9.96. The number of ether oxygens (including phenoxy) is 1. The molecule has 0 aliphatic heterocycles. The Morgan fingerprint density at radius 2 is 2.00 bits per heavy atom. The van der Waals surface area contributed by atoms with E-state index in [4.69, 9.17) is 10.5 Å². The first-order chi connectivity index (χ1) is 9.19. The zero-order valence-electron chi connectivity index (χ0n) is 13.1. The van der Waals surface area contributed by atoms with Crippen molar-refractivity contribution < 1.29 is 9.53 Å². The summed E-state index contributed by atoms with van der Waals surface area (Å²) in [6, 6.07) is 7.98.